The summed E-state index contributed by atoms with van der Waals surface area (Å²) in [4.78, 5) is 4.25. The van der Waals surface area contributed by atoms with E-state index in [0.29, 0.717) is 0 Å². The van der Waals surface area contributed by atoms with E-state index in [1.807, 2.05) is 24.0 Å². The lowest BCUT2D eigenvalue weighted by Gasteiger charge is -2.00. The van der Waals surface area contributed by atoms with Crippen LogP contribution >= 0.6 is 0 Å². The van der Waals surface area contributed by atoms with Crippen molar-refractivity contribution >= 4 is 11.0 Å². The Labute approximate surface area is 83.0 Å². The summed E-state index contributed by atoms with van der Waals surface area (Å²) in [5.41, 5.74) is 3.44. The summed E-state index contributed by atoms with van der Waals surface area (Å²) in [5, 5.41) is 8.74. The molecule has 0 saturated heterocycles. The molecule has 0 amide bonds. The molecule has 0 saturated carbocycles. The van der Waals surface area contributed by atoms with Gasteiger partial charge in [0.05, 0.1) is 17.4 Å². The van der Waals surface area contributed by atoms with Gasteiger partial charge in [-0.3, -0.25) is 0 Å². The van der Waals surface area contributed by atoms with Crippen molar-refractivity contribution < 1.29 is 5.11 Å². The van der Waals surface area contributed by atoms with Crippen LogP contribution < -0.4 is 0 Å². The summed E-state index contributed by atoms with van der Waals surface area (Å²) in [7, 11) is 1.99. The second-order valence-corrected chi connectivity index (χ2v) is 3.51. The van der Waals surface area contributed by atoms with Gasteiger partial charge in [0.15, 0.2) is 0 Å². The molecule has 0 aliphatic carbocycles. The molecule has 0 aliphatic rings. The third-order valence-corrected chi connectivity index (χ3v) is 2.41. The number of imidazole rings is 1. The number of aliphatic hydroxyl groups is 1. The molecule has 0 aliphatic heterocycles. The number of rotatable bonds is 3. The molecule has 3 nitrogen and oxygen atoms in total. The largest absolute Gasteiger partial charge is 0.396 e. The molecule has 0 bridgehead atoms. The van der Waals surface area contributed by atoms with E-state index in [4.69, 9.17) is 5.11 Å². The molecule has 0 unspecified atom stereocenters. The van der Waals surface area contributed by atoms with Crippen molar-refractivity contribution in [2.24, 2.45) is 7.05 Å². The maximum absolute atomic E-state index is 8.74. The fourth-order valence-electron chi connectivity index (χ4n) is 1.61. The first-order valence-corrected chi connectivity index (χ1v) is 4.82. The lowest BCUT2D eigenvalue weighted by atomic mass is 10.1. The highest BCUT2D eigenvalue weighted by Crippen LogP contribution is 2.14. The van der Waals surface area contributed by atoms with Crippen molar-refractivity contribution in [3.63, 3.8) is 0 Å². The van der Waals surface area contributed by atoms with Crippen LogP contribution in [0.2, 0.25) is 0 Å². The molecular weight excluding hydrogens is 176 g/mol. The molecule has 0 spiro atoms. The maximum atomic E-state index is 8.74. The van der Waals surface area contributed by atoms with Crippen molar-refractivity contribution in [3.8, 4) is 0 Å². The molecule has 2 rings (SSSR count). The van der Waals surface area contributed by atoms with Crippen LogP contribution in [-0.2, 0) is 13.5 Å². The minimum Gasteiger partial charge on any atom is -0.396 e. The number of aromatic nitrogens is 2. The van der Waals surface area contributed by atoms with Crippen LogP contribution in [0.15, 0.2) is 24.5 Å². The Morgan fingerprint density at radius 3 is 3.07 bits per heavy atom. The van der Waals surface area contributed by atoms with Crippen LogP contribution in [0, 0.1) is 0 Å². The van der Waals surface area contributed by atoms with Crippen LogP contribution in [0.4, 0.5) is 0 Å². The second-order valence-electron chi connectivity index (χ2n) is 3.51. The number of hydrogen-bond acceptors (Lipinski definition) is 2. The van der Waals surface area contributed by atoms with E-state index in [1.165, 1.54) is 5.56 Å². The topological polar surface area (TPSA) is 38.0 Å². The third-order valence-electron chi connectivity index (χ3n) is 2.41. The quantitative estimate of drug-likeness (QED) is 0.796. The fraction of sp³-hybridized carbons (Fsp3) is 0.364. The van der Waals surface area contributed by atoms with E-state index in [2.05, 4.69) is 17.1 Å². The summed E-state index contributed by atoms with van der Waals surface area (Å²) in [6.07, 6.45) is 3.57. The van der Waals surface area contributed by atoms with Crippen LogP contribution in [0.5, 0.6) is 0 Å². The first-order chi connectivity index (χ1) is 6.81. The van der Waals surface area contributed by atoms with Crippen LogP contribution in [0.25, 0.3) is 11.0 Å². The zero-order valence-electron chi connectivity index (χ0n) is 8.27. The minimum absolute atomic E-state index is 0.253. The zero-order valence-corrected chi connectivity index (χ0v) is 8.27. The zero-order chi connectivity index (χ0) is 9.97. The molecule has 1 aromatic carbocycles. The first-order valence-electron chi connectivity index (χ1n) is 4.82. The van der Waals surface area contributed by atoms with E-state index >= 15 is 0 Å². The van der Waals surface area contributed by atoms with Crippen molar-refractivity contribution in [2.45, 2.75) is 12.8 Å². The van der Waals surface area contributed by atoms with E-state index in [-0.39, 0.29) is 6.61 Å². The predicted octanol–water partition coefficient (Wildman–Crippen LogP) is 1.50. The normalized spacial score (nSPS) is 11.0. The molecule has 1 N–H and O–H groups in total. The van der Waals surface area contributed by atoms with Gasteiger partial charge < -0.3 is 9.67 Å². The summed E-state index contributed by atoms with van der Waals surface area (Å²) in [5.74, 6) is 0. The molecule has 0 atom stereocenters. The highest BCUT2D eigenvalue weighted by molar-refractivity contribution is 5.75. The van der Waals surface area contributed by atoms with Crippen molar-refractivity contribution in [1.29, 1.82) is 0 Å². The highest BCUT2D eigenvalue weighted by Gasteiger charge is 2.00. The summed E-state index contributed by atoms with van der Waals surface area (Å²) >= 11 is 0. The molecule has 74 valence electrons. The van der Waals surface area contributed by atoms with Crippen LogP contribution in [0.3, 0.4) is 0 Å². The standard InChI is InChI=1S/C11H14N2O/c1-13-8-12-10-5-4-9(3-2-6-14)7-11(10)13/h4-5,7-8,14H,2-3,6H2,1H3. The molecule has 0 fully saturated rings. The van der Waals surface area contributed by atoms with E-state index in [1.54, 1.807) is 0 Å². The van der Waals surface area contributed by atoms with Crippen molar-refractivity contribution in [1.82, 2.24) is 9.55 Å². The Morgan fingerprint density at radius 1 is 1.43 bits per heavy atom. The van der Waals surface area contributed by atoms with Crippen molar-refractivity contribution in [2.75, 3.05) is 6.61 Å². The molecule has 1 heterocycles. The van der Waals surface area contributed by atoms with Crippen LogP contribution in [0.1, 0.15) is 12.0 Å². The molecule has 1 aromatic heterocycles. The molecule has 0 radical (unpaired) electrons. The van der Waals surface area contributed by atoms with Gasteiger partial charge in [0.2, 0.25) is 0 Å². The predicted molar refractivity (Wildman–Crippen MR) is 56.1 cm³/mol. The summed E-state index contributed by atoms with van der Waals surface area (Å²) in [6, 6.07) is 6.24. The van der Waals surface area contributed by atoms with E-state index in [9.17, 15) is 0 Å². The number of benzene rings is 1. The Kier molecular flexibility index (Phi) is 2.50. The van der Waals surface area contributed by atoms with Gasteiger partial charge in [-0.2, -0.15) is 0 Å². The molecular formula is C11H14N2O. The molecule has 2 aromatic rings. The van der Waals surface area contributed by atoms with Crippen LogP contribution in [-0.4, -0.2) is 21.3 Å². The monoisotopic (exact) mass is 190 g/mol. The van der Waals surface area contributed by atoms with Gasteiger partial charge in [-0.25, -0.2) is 4.98 Å². The van der Waals surface area contributed by atoms with E-state index < -0.39 is 0 Å². The van der Waals surface area contributed by atoms with Gasteiger partial charge in [0.1, 0.15) is 0 Å². The van der Waals surface area contributed by atoms with Crippen molar-refractivity contribution in [3.05, 3.63) is 30.1 Å². The number of hydrogen-bond donors (Lipinski definition) is 1. The maximum Gasteiger partial charge on any atom is 0.0955 e. The summed E-state index contributed by atoms with van der Waals surface area (Å²) < 4.78 is 2.01. The Balaban J connectivity index is 2.34. The van der Waals surface area contributed by atoms with Gasteiger partial charge in [0, 0.05) is 13.7 Å². The Morgan fingerprint density at radius 2 is 2.29 bits per heavy atom. The number of aryl methyl sites for hydroxylation is 2. The smallest absolute Gasteiger partial charge is 0.0955 e. The lowest BCUT2D eigenvalue weighted by molar-refractivity contribution is 0.288. The van der Waals surface area contributed by atoms with Gasteiger partial charge in [-0.05, 0) is 30.5 Å². The minimum atomic E-state index is 0.253. The second kappa shape index (κ2) is 3.80. The Bertz CT molecular complexity index is 434. The summed E-state index contributed by atoms with van der Waals surface area (Å²) in [6.45, 7) is 0.253. The number of nitrogens with zero attached hydrogens (tertiary/aromatic N) is 2. The number of aliphatic hydroxyl groups excluding tert-OH is 1. The SMILES string of the molecule is Cn1cnc2ccc(CCCO)cc21. The van der Waals surface area contributed by atoms with Gasteiger partial charge in [0.25, 0.3) is 0 Å². The molecule has 14 heavy (non-hydrogen) atoms. The fourth-order valence-corrected chi connectivity index (χ4v) is 1.61. The lowest BCUT2D eigenvalue weighted by Crippen LogP contribution is -1.90. The van der Waals surface area contributed by atoms with E-state index in [0.717, 1.165) is 23.9 Å². The first kappa shape index (κ1) is 9.21. The number of fused-ring (bicyclic) bond motifs is 1. The average Bonchev–Trinajstić information content (AvgIpc) is 2.57. The van der Waals surface area contributed by atoms with Gasteiger partial charge in [-0.1, -0.05) is 6.07 Å². The highest BCUT2D eigenvalue weighted by atomic mass is 16.2. The molecule has 3 heteroatoms. The average molecular weight is 190 g/mol. The van der Waals surface area contributed by atoms with Gasteiger partial charge in [-0.15, -0.1) is 0 Å². The van der Waals surface area contributed by atoms with Gasteiger partial charge >= 0.3 is 0 Å². The third kappa shape index (κ3) is 1.63. The Hall–Kier alpha value is -1.35.